The van der Waals surface area contributed by atoms with Gasteiger partial charge in [0.2, 0.25) is 11.8 Å². The zero-order valence-corrected chi connectivity index (χ0v) is 20.8. The van der Waals surface area contributed by atoms with Gasteiger partial charge in [0.05, 0.1) is 12.2 Å². The average Bonchev–Trinajstić information content (AvgIpc) is 3.39. The van der Waals surface area contributed by atoms with Crippen molar-refractivity contribution >= 4 is 34.8 Å². The number of ketones is 1. The summed E-state index contributed by atoms with van der Waals surface area (Å²) < 4.78 is 79.5. The smallest absolute Gasteiger partial charge is 0.356 e. The maximum absolute atomic E-state index is 13.1. The lowest BCUT2D eigenvalue weighted by Crippen LogP contribution is -2.53. The topological polar surface area (TPSA) is 126 Å². The van der Waals surface area contributed by atoms with E-state index in [2.05, 4.69) is 25.7 Å². The Bertz CT molecular complexity index is 1000. The molecule has 208 valence electrons. The molecule has 0 aromatic carbocycles. The molecule has 1 aliphatic heterocycles. The maximum Gasteiger partial charge on any atom is 0.522 e. The summed E-state index contributed by atoms with van der Waals surface area (Å²) in [5.41, 5.74) is -0.607. The number of alkyl halides is 6. The van der Waals surface area contributed by atoms with Crippen LogP contribution in [0.15, 0.2) is 6.20 Å². The van der Waals surface area contributed by atoms with E-state index in [0.717, 1.165) is 0 Å². The number of nitrogens with zero attached hydrogens (tertiary/aromatic N) is 1. The number of Topliss-reactive ketones (excluding diaryl/α,β-unsaturated/α-hetero) is 1. The molecule has 1 saturated heterocycles. The number of halogens is 6. The van der Waals surface area contributed by atoms with Crippen LogP contribution in [-0.4, -0.2) is 60.1 Å². The first-order valence-electron chi connectivity index (χ1n) is 11.0. The van der Waals surface area contributed by atoms with Gasteiger partial charge in [0.1, 0.15) is 17.5 Å². The van der Waals surface area contributed by atoms with E-state index in [1.807, 2.05) is 0 Å². The number of amides is 3. The molecule has 0 saturated carbocycles. The lowest BCUT2D eigenvalue weighted by atomic mass is 9.87. The molecule has 1 aromatic heterocycles. The van der Waals surface area contributed by atoms with Crippen LogP contribution in [-0.2, 0) is 25.3 Å². The van der Waals surface area contributed by atoms with Crippen molar-refractivity contribution in [3.8, 4) is 0 Å². The van der Waals surface area contributed by atoms with Crippen LogP contribution in [0.3, 0.4) is 0 Å². The van der Waals surface area contributed by atoms with Gasteiger partial charge < -0.3 is 16.0 Å². The molecule has 0 aliphatic carbocycles. The molecule has 1 fully saturated rings. The molecule has 3 atom stereocenters. The van der Waals surface area contributed by atoms with E-state index in [-0.39, 0.29) is 37.1 Å². The van der Waals surface area contributed by atoms with Crippen LogP contribution in [0, 0.1) is 11.3 Å². The molecule has 9 nitrogen and oxygen atoms in total. The van der Waals surface area contributed by atoms with Gasteiger partial charge in [0.15, 0.2) is 10.8 Å². The maximum atomic E-state index is 13.1. The van der Waals surface area contributed by atoms with E-state index in [0.29, 0.717) is 6.20 Å². The lowest BCUT2D eigenvalue weighted by Gasteiger charge is -2.28. The van der Waals surface area contributed by atoms with Crippen molar-refractivity contribution in [3.05, 3.63) is 16.1 Å². The number of carbonyl (C=O) groups is 4. The predicted octanol–water partition coefficient (Wildman–Crippen LogP) is 2.81. The average molecular weight is 561 g/mol. The van der Waals surface area contributed by atoms with Gasteiger partial charge in [-0.3, -0.25) is 23.9 Å². The lowest BCUT2D eigenvalue weighted by molar-refractivity contribution is -0.321. The van der Waals surface area contributed by atoms with Crippen LogP contribution < -0.4 is 16.0 Å². The number of hydrogen-bond donors (Lipinski definition) is 3. The number of ether oxygens (including phenoxy) is 1. The molecule has 0 radical (unpaired) electrons. The van der Waals surface area contributed by atoms with Gasteiger partial charge in [-0.05, 0) is 24.7 Å². The fourth-order valence-corrected chi connectivity index (χ4v) is 4.20. The molecule has 1 aliphatic rings. The van der Waals surface area contributed by atoms with Crippen molar-refractivity contribution in [3.63, 3.8) is 0 Å². The normalized spacial score (nSPS) is 18.2. The first-order chi connectivity index (χ1) is 16.9. The van der Waals surface area contributed by atoms with Gasteiger partial charge in [0.25, 0.3) is 5.91 Å². The van der Waals surface area contributed by atoms with Crippen molar-refractivity contribution < 1.29 is 50.3 Å². The van der Waals surface area contributed by atoms with Crippen LogP contribution in [0.1, 0.15) is 54.7 Å². The first kappa shape index (κ1) is 30.5. The van der Waals surface area contributed by atoms with Gasteiger partial charge in [-0.25, -0.2) is 4.98 Å². The molecule has 37 heavy (non-hydrogen) atoms. The zero-order chi connectivity index (χ0) is 28.2. The monoisotopic (exact) mass is 560 g/mol. The van der Waals surface area contributed by atoms with E-state index in [4.69, 9.17) is 0 Å². The Labute approximate surface area is 211 Å². The molecule has 16 heteroatoms. The Hall–Kier alpha value is -2.75. The summed E-state index contributed by atoms with van der Waals surface area (Å²) >= 11 is 0.0674. The van der Waals surface area contributed by atoms with Gasteiger partial charge >= 0.3 is 12.5 Å². The summed E-state index contributed by atoms with van der Waals surface area (Å²) in [6, 6.07) is -2.93. The Morgan fingerprint density at radius 1 is 1.14 bits per heavy atom. The third kappa shape index (κ3) is 9.91. The molecule has 2 heterocycles. The van der Waals surface area contributed by atoms with E-state index in [9.17, 15) is 45.5 Å². The van der Waals surface area contributed by atoms with Crippen LogP contribution in [0.25, 0.3) is 0 Å². The molecule has 0 bridgehead atoms. The third-order valence-electron chi connectivity index (χ3n) is 5.18. The number of thiazole rings is 1. The van der Waals surface area contributed by atoms with Crippen molar-refractivity contribution in [2.75, 3.05) is 13.2 Å². The van der Waals surface area contributed by atoms with Crippen LogP contribution in [0.2, 0.25) is 0 Å². The quantitative estimate of drug-likeness (QED) is 0.378. The molecule has 1 aromatic rings. The first-order valence-corrected chi connectivity index (χ1v) is 11.8. The predicted molar refractivity (Wildman–Crippen MR) is 117 cm³/mol. The van der Waals surface area contributed by atoms with Crippen molar-refractivity contribution in [1.29, 1.82) is 0 Å². The fraction of sp³-hybridized carbons (Fsp3) is 0.667. The van der Waals surface area contributed by atoms with Gasteiger partial charge in [-0.2, -0.15) is 13.2 Å². The van der Waals surface area contributed by atoms with Crippen LogP contribution in [0.4, 0.5) is 26.3 Å². The SMILES string of the molecule is CC(C)(C)CC(NC(=O)c1cnc(C(F)(F)F)s1)C(=O)NC(C[C@@H]1CCNC1=O)C(=O)COC(F)(F)F. The molecule has 3 N–H and O–H groups in total. The Kier molecular flexibility index (Phi) is 9.68. The van der Waals surface area contributed by atoms with Crippen molar-refractivity contribution in [2.45, 2.75) is 64.7 Å². The summed E-state index contributed by atoms with van der Waals surface area (Å²) in [5, 5.41) is 5.85. The summed E-state index contributed by atoms with van der Waals surface area (Å²) in [6.45, 7) is 3.98. The molecular formula is C21H26F6N4O5S. The molecule has 2 unspecified atom stereocenters. The van der Waals surface area contributed by atoms with Gasteiger partial charge in [0, 0.05) is 12.5 Å². The van der Waals surface area contributed by atoms with E-state index in [1.54, 1.807) is 20.8 Å². The number of nitrogens with one attached hydrogen (secondary N) is 3. The minimum absolute atomic E-state index is 0.0423. The summed E-state index contributed by atoms with van der Waals surface area (Å²) in [6.07, 6.45) is -9.25. The van der Waals surface area contributed by atoms with E-state index < -0.39 is 76.0 Å². The molecule has 3 amide bonds. The molecule has 0 spiro atoms. The summed E-state index contributed by atoms with van der Waals surface area (Å²) in [7, 11) is 0. The minimum Gasteiger partial charge on any atom is -0.356 e. The summed E-state index contributed by atoms with van der Waals surface area (Å²) in [4.78, 5) is 52.8. The van der Waals surface area contributed by atoms with Crippen LogP contribution in [0.5, 0.6) is 0 Å². The van der Waals surface area contributed by atoms with E-state index >= 15 is 0 Å². The second-order valence-corrected chi connectivity index (χ2v) is 10.6. The minimum atomic E-state index is -5.11. The Morgan fingerprint density at radius 2 is 1.78 bits per heavy atom. The van der Waals surface area contributed by atoms with Crippen molar-refractivity contribution in [1.82, 2.24) is 20.9 Å². The number of rotatable bonds is 10. The highest BCUT2D eigenvalue weighted by molar-refractivity contribution is 7.13. The van der Waals surface area contributed by atoms with Crippen LogP contribution >= 0.6 is 11.3 Å². The fourth-order valence-electron chi connectivity index (χ4n) is 3.51. The molecular weight excluding hydrogens is 534 g/mol. The molecule has 2 rings (SSSR count). The van der Waals surface area contributed by atoms with Gasteiger partial charge in [-0.1, -0.05) is 20.8 Å². The number of aromatic nitrogens is 1. The highest BCUT2D eigenvalue weighted by Crippen LogP contribution is 2.32. The largest absolute Gasteiger partial charge is 0.522 e. The Morgan fingerprint density at radius 3 is 2.27 bits per heavy atom. The van der Waals surface area contributed by atoms with Gasteiger partial charge in [-0.15, -0.1) is 24.5 Å². The van der Waals surface area contributed by atoms with Crippen molar-refractivity contribution in [2.24, 2.45) is 11.3 Å². The van der Waals surface area contributed by atoms with E-state index in [1.165, 1.54) is 0 Å². The second kappa shape index (κ2) is 11.8. The zero-order valence-electron chi connectivity index (χ0n) is 20.0. The Balaban J connectivity index is 2.22. The third-order valence-corrected chi connectivity index (χ3v) is 6.22. The number of hydrogen-bond acceptors (Lipinski definition) is 7. The standard InChI is InChI=1S/C21H26F6N4O5S/c1-19(2,3)7-12(31-17(35)14-8-29-18(37-14)20(22,23)24)16(34)30-11(6-10-4-5-28-15(10)33)13(32)9-36-21(25,26)27/h8,10-12H,4-7,9H2,1-3H3,(H,28,33)(H,30,34)(H,31,35)/t10-,11?,12?/m0/s1. The summed E-state index contributed by atoms with van der Waals surface area (Å²) in [5.74, 6) is -4.34. The highest BCUT2D eigenvalue weighted by Gasteiger charge is 2.38. The number of carbonyl (C=O) groups excluding carboxylic acids is 4. The second-order valence-electron chi connectivity index (χ2n) is 9.59. The highest BCUT2D eigenvalue weighted by atomic mass is 32.1.